The van der Waals surface area contributed by atoms with Crippen molar-refractivity contribution in [1.82, 2.24) is 0 Å². The van der Waals surface area contributed by atoms with Gasteiger partial charge in [0.25, 0.3) is 0 Å². The summed E-state index contributed by atoms with van der Waals surface area (Å²) in [7, 11) is 0. The number of aryl methyl sites for hydroxylation is 2. The molecule has 28 heavy (non-hydrogen) atoms. The van der Waals surface area contributed by atoms with Gasteiger partial charge < -0.3 is 5.32 Å². The molecule has 0 amide bonds. The van der Waals surface area contributed by atoms with Crippen molar-refractivity contribution >= 4 is 17.1 Å². The minimum absolute atomic E-state index is 0.221. The van der Waals surface area contributed by atoms with Gasteiger partial charge in [0.2, 0.25) is 0 Å². The molecule has 1 N–H and O–H groups in total. The summed E-state index contributed by atoms with van der Waals surface area (Å²) in [6, 6.07) is 26.2. The summed E-state index contributed by atoms with van der Waals surface area (Å²) in [5.41, 5.74) is 8.21. The topological polar surface area (TPSA) is 24.4 Å². The summed E-state index contributed by atoms with van der Waals surface area (Å²) >= 11 is 0. The molecule has 142 valence electrons. The van der Waals surface area contributed by atoms with Crippen LogP contribution in [0, 0.1) is 0 Å². The quantitative estimate of drug-likeness (QED) is 0.547. The number of anilines is 1. The first kappa shape index (κ1) is 18.5. The van der Waals surface area contributed by atoms with Crippen molar-refractivity contribution in [2.24, 2.45) is 4.99 Å². The number of fused-ring (bicyclic) bond motifs is 1. The van der Waals surface area contributed by atoms with E-state index in [-0.39, 0.29) is 5.54 Å². The molecule has 3 aromatic rings. The Morgan fingerprint density at radius 1 is 0.821 bits per heavy atom. The summed E-state index contributed by atoms with van der Waals surface area (Å²) in [6.45, 7) is 6.67. The van der Waals surface area contributed by atoms with Gasteiger partial charge in [0, 0.05) is 6.42 Å². The summed E-state index contributed by atoms with van der Waals surface area (Å²) < 4.78 is 0. The number of aliphatic imine (C=N–C) groups is 1. The molecule has 0 fully saturated rings. The molecule has 0 radical (unpaired) electrons. The summed E-state index contributed by atoms with van der Waals surface area (Å²) in [5, 5.41) is 3.80. The molecule has 0 spiro atoms. The highest BCUT2D eigenvalue weighted by Gasteiger charge is 2.32. The molecule has 1 unspecified atom stereocenters. The monoisotopic (exact) mass is 368 g/mol. The molecular formula is C26H28N2. The highest BCUT2D eigenvalue weighted by molar-refractivity contribution is 6.04. The highest BCUT2D eigenvalue weighted by Crippen LogP contribution is 2.39. The predicted octanol–water partition coefficient (Wildman–Crippen LogP) is 6.66. The molecule has 2 nitrogen and oxygen atoms in total. The maximum absolute atomic E-state index is 5.07. The Kier molecular flexibility index (Phi) is 5.04. The van der Waals surface area contributed by atoms with E-state index in [1.807, 2.05) is 0 Å². The molecule has 4 rings (SSSR count). The zero-order valence-corrected chi connectivity index (χ0v) is 17.0. The van der Waals surface area contributed by atoms with Crippen molar-refractivity contribution in [3.05, 3.63) is 95.1 Å². The minimum atomic E-state index is -0.221. The molecule has 2 heteroatoms. The van der Waals surface area contributed by atoms with Gasteiger partial charge in [-0.05, 0) is 54.2 Å². The Bertz CT molecular complexity index is 984. The van der Waals surface area contributed by atoms with E-state index >= 15 is 0 Å². The first-order valence-corrected chi connectivity index (χ1v) is 10.2. The fourth-order valence-electron chi connectivity index (χ4n) is 3.92. The van der Waals surface area contributed by atoms with Gasteiger partial charge in [-0.15, -0.1) is 0 Å². The lowest BCUT2D eigenvalue weighted by atomic mass is 9.84. The van der Waals surface area contributed by atoms with Crippen molar-refractivity contribution in [2.45, 2.75) is 45.6 Å². The molecular weight excluding hydrogens is 340 g/mol. The van der Waals surface area contributed by atoms with Crippen molar-refractivity contribution in [1.29, 1.82) is 0 Å². The van der Waals surface area contributed by atoms with Crippen LogP contribution in [0.3, 0.4) is 0 Å². The van der Waals surface area contributed by atoms with E-state index in [2.05, 4.69) is 98.9 Å². The maximum atomic E-state index is 5.07. The third-order valence-electron chi connectivity index (χ3n) is 5.79. The second-order valence-corrected chi connectivity index (χ2v) is 7.81. The lowest BCUT2D eigenvalue weighted by Gasteiger charge is -2.32. The minimum Gasteiger partial charge on any atom is -0.374 e. The van der Waals surface area contributed by atoms with Crippen LogP contribution in [0.4, 0.5) is 11.4 Å². The first-order valence-electron chi connectivity index (χ1n) is 10.2. The predicted molar refractivity (Wildman–Crippen MR) is 120 cm³/mol. The molecule has 0 saturated carbocycles. The third kappa shape index (κ3) is 3.60. The summed E-state index contributed by atoms with van der Waals surface area (Å²) in [6.07, 6.45) is 2.95. The van der Waals surface area contributed by atoms with E-state index in [0.717, 1.165) is 36.3 Å². The second-order valence-electron chi connectivity index (χ2n) is 7.81. The Morgan fingerprint density at radius 3 is 2.07 bits per heavy atom. The molecule has 0 aliphatic carbocycles. The molecule has 1 heterocycles. The number of benzene rings is 3. The highest BCUT2D eigenvalue weighted by atomic mass is 15.0. The summed E-state index contributed by atoms with van der Waals surface area (Å²) in [4.78, 5) is 5.07. The van der Waals surface area contributed by atoms with Gasteiger partial charge in [0.15, 0.2) is 0 Å². The Hall–Kier alpha value is -2.87. The summed E-state index contributed by atoms with van der Waals surface area (Å²) in [5.74, 6) is 0. The Morgan fingerprint density at radius 2 is 1.43 bits per heavy atom. The average Bonchev–Trinajstić information content (AvgIpc) is 2.90. The van der Waals surface area contributed by atoms with Crippen LogP contribution < -0.4 is 5.32 Å². The largest absolute Gasteiger partial charge is 0.374 e. The van der Waals surface area contributed by atoms with Crippen LogP contribution in [0.2, 0.25) is 0 Å². The van der Waals surface area contributed by atoms with E-state index in [1.165, 1.54) is 22.3 Å². The number of hydrogen-bond donors (Lipinski definition) is 1. The van der Waals surface area contributed by atoms with Crippen molar-refractivity contribution in [2.75, 3.05) is 5.32 Å². The van der Waals surface area contributed by atoms with Crippen LogP contribution in [0.15, 0.2) is 77.8 Å². The lowest BCUT2D eigenvalue weighted by molar-refractivity contribution is 0.571. The van der Waals surface area contributed by atoms with Crippen molar-refractivity contribution < 1.29 is 0 Å². The van der Waals surface area contributed by atoms with Crippen LogP contribution in [-0.4, -0.2) is 5.71 Å². The number of nitrogens with zero attached hydrogens (tertiary/aromatic N) is 1. The van der Waals surface area contributed by atoms with Crippen LogP contribution in [0.5, 0.6) is 0 Å². The third-order valence-corrected chi connectivity index (χ3v) is 5.79. The van der Waals surface area contributed by atoms with Crippen LogP contribution in [0.1, 0.15) is 49.4 Å². The fraction of sp³-hybridized carbons (Fsp3) is 0.269. The molecule has 1 aliphatic heterocycles. The number of rotatable bonds is 4. The van der Waals surface area contributed by atoms with Crippen LogP contribution in [0.25, 0.3) is 0 Å². The van der Waals surface area contributed by atoms with E-state index in [9.17, 15) is 0 Å². The van der Waals surface area contributed by atoms with Gasteiger partial charge in [0.1, 0.15) is 0 Å². The SMILES string of the molecule is CCc1ccc(C2=Nc3ccccc3NC(C)(c3ccc(CC)cc3)C2)cc1. The Balaban J connectivity index is 1.80. The van der Waals surface area contributed by atoms with Gasteiger partial charge in [-0.2, -0.15) is 0 Å². The molecule has 0 aromatic heterocycles. The van der Waals surface area contributed by atoms with E-state index in [4.69, 9.17) is 4.99 Å². The van der Waals surface area contributed by atoms with E-state index in [0.29, 0.717) is 0 Å². The Labute approximate surface area is 168 Å². The maximum Gasteiger partial charge on any atom is 0.0864 e. The van der Waals surface area contributed by atoms with Crippen LogP contribution >= 0.6 is 0 Å². The van der Waals surface area contributed by atoms with Gasteiger partial charge >= 0.3 is 0 Å². The average molecular weight is 369 g/mol. The molecule has 3 aromatic carbocycles. The molecule has 0 saturated heterocycles. The van der Waals surface area contributed by atoms with Crippen molar-refractivity contribution in [3.8, 4) is 0 Å². The normalized spacial score (nSPS) is 18.6. The number of para-hydroxylation sites is 2. The van der Waals surface area contributed by atoms with Gasteiger partial charge in [-0.1, -0.05) is 74.5 Å². The first-order chi connectivity index (χ1) is 13.6. The van der Waals surface area contributed by atoms with E-state index < -0.39 is 0 Å². The lowest BCUT2D eigenvalue weighted by Crippen LogP contribution is -2.33. The number of hydrogen-bond acceptors (Lipinski definition) is 2. The van der Waals surface area contributed by atoms with Gasteiger partial charge in [0.05, 0.1) is 22.6 Å². The van der Waals surface area contributed by atoms with Crippen LogP contribution in [-0.2, 0) is 18.4 Å². The molecule has 0 bridgehead atoms. The zero-order valence-electron chi connectivity index (χ0n) is 17.0. The standard InChI is InChI=1S/C26H28N2/c1-4-19-10-14-21(15-11-19)25-18-26(3,22-16-12-20(5-2)13-17-22)28-24-9-7-6-8-23(24)27-25/h6-17,28H,4-5,18H2,1-3H3. The number of nitrogens with one attached hydrogen (secondary N) is 1. The molecule has 1 aliphatic rings. The van der Waals surface area contributed by atoms with E-state index in [1.54, 1.807) is 0 Å². The smallest absolute Gasteiger partial charge is 0.0864 e. The van der Waals surface area contributed by atoms with Gasteiger partial charge in [-0.3, -0.25) is 4.99 Å². The fourth-order valence-corrected chi connectivity index (χ4v) is 3.92. The van der Waals surface area contributed by atoms with Crippen molar-refractivity contribution in [3.63, 3.8) is 0 Å². The van der Waals surface area contributed by atoms with Gasteiger partial charge in [-0.25, -0.2) is 0 Å². The zero-order chi connectivity index (χ0) is 19.6. The second kappa shape index (κ2) is 7.63. The molecule has 1 atom stereocenters.